The van der Waals surface area contributed by atoms with Gasteiger partial charge in [0.1, 0.15) is 5.82 Å². The molecule has 0 bridgehead atoms. The number of amides is 1. The third-order valence-corrected chi connectivity index (χ3v) is 9.00. The number of nitrogens with zero attached hydrogens (tertiary/aromatic N) is 4. The van der Waals surface area contributed by atoms with Gasteiger partial charge in [-0.3, -0.25) is 4.79 Å². The lowest BCUT2D eigenvalue weighted by Crippen LogP contribution is -2.35. The van der Waals surface area contributed by atoms with Gasteiger partial charge in [0.05, 0.1) is 47.2 Å². The predicted molar refractivity (Wildman–Crippen MR) is 139 cm³/mol. The number of carbonyl (C=O) groups excluding carboxylic acids is 1. The Labute approximate surface area is 235 Å². The van der Waals surface area contributed by atoms with Crippen molar-refractivity contribution >= 4 is 38.2 Å². The van der Waals surface area contributed by atoms with Crippen LogP contribution < -0.4 is 10.6 Å². The number of fused-ring (bicyclic) bond motifs is 4. The third-order valence-electron chi connectivity index (χ3n) is 7.21. The predicted octanol–water partition coefficient (Wildman–Crippen LogP) is 4.77. The van der Waals surface area contributed by atoms with Crippen molar-refractivity contribution < 1.29 is 39.9 Å². The van der Waals surface area contributed by atoms with Gasteiger partial charge in [-0.1, -0.05) is 24.3 Å². The average molecular weight is 606 g/mol. The van der Waals surface area contributed by atoms with E-state index >= 15 is 0 Å². The Hall–Kier alpha value is -4.24. The van der Waals surface area contributed by atoms with Crippen LogP contribution in [-0.4, -0.2) is 35.0 Å². The second-order valence-electron chi connectivity index (χ2n) is 9.91. The molecule has 15 heteroatoms. The Bertz CT molecular complexity index is 1860. The molecule has 9 nitrogen and oxygen atoms in total. The summed E-state index contributed by atoms with van der Waals surface area (Å²) in [5, 5.41) is 0.744. The first-order valence-electron chi connectivity index (χ1n) is 12.5. The first-order valence-corrected chi connectivity index (χ1v) is 14.1. The Kier molecular flexibility index (Phi) is 6.42. The lowest BCUT2D eigenvalue weighted by molar-refractivity contribution is -0.145. The van der Waals surface area contributed by atoms with Gasteiger partial charge in [0, 0.05) is 35.3 Å². The number of halogens is 5. The summed E-state index contributed by atoms with van der Waals surface area (Å²) in [6, 6.07) is 8.33. The van der Waals surface area contributed by atoms with Gasteiger partial charge >= 0.3 is 6.18 Å². The highest BCUT2D eigenvalue weighted by molar-refractivity contribution is 7.91. The van der Waals surface area contributed by atoms with Crippen molar-refractivity contribution in [3.05, 3.63) is 82.4 Å². The van der Waals surface area contributed by atoms with Gasteiger partial charge in [0.25, 0.3) is 11.8 Å². The summed E-state index contributed by atoms with van der Waals surface area (Å²) in [6.45, 7) is 0.267. The number of anilines is 2. The van der Waals surface area contributed by atoms with Crippen LogP contribution in [0.1, 0.15) is 44.9 Å². The molecule has 0 radical (unpaired) electrons. The smallest absolute Gasteiger partial charge is 0.383 e. The summed E-state index contributed by atoms with van der Waals surface area (Å²) in [5.41, 5.74) is 7.03. The van der Waals surface area contributed by atoms with Crippen LogP contribution in [0.2, 0.25) is 0 Å². The van der Waals surface area contributed by atoms with E-state index in [-0.39, 0.29) is 18.1 Å². The standard InChI is InChI=1S/C27H20F5N5O4S/c28-26(29)6-7-42(39,40)22-19(26)2-1-3-21(22)37(24(38)15-9-34-25(35-10-15)27(30,31)32)11-14-4-5-16-17-12-41-13-18(17)23(33)36-20(16)8-14/h1-5,8-10H,6-7,11-13H2,(H2,33,36). The molecule has 2 aliphatic rings. The molecule has 2 aromatic heterocycles. The summed E-state index contributed by atoms with van der Waals surface area (Å²) in [6.07, 6.45) is -4.51. The van der Waals surface area contributed by atoms with Gasteiger partial charge in [-0.15, -0.1) is 0 Å². The van der Waals surface area contributed by atoms with Crippen molar-refractivity contribution in [1.29, 1.82) is 0 Å². The number of rotatable bonds is 4. The normalized spacial score (nSPS) is 17.1. The summed E-state index contributed by atoms with van der Waals surface area (Å²) < 4.78 is 101. The fourth-order valence-corrected chi connectivity index (χ4v) is 6.94. The van der Waals surface area contributed by atoms with Crippen LogP contribution in [0.15, 0.2) is 53.7 Å². The number of hydrogen-bond donors (Lipinski definition) is 1. The molecule has 1 amide bonds. The molecule has 4 heterocycles. The third kappa shape index (κ3) is 4.71. The van der Waals surface area contributed by atoms with Gasteiger partial charge in [0.2, 0.25) is 5.82 Å². The molecule has 0 spiro atoms. The minimum absolute atomic E-state index is 0.257. The Morgan fingerprint density at radius 3 is 2.50 bits per heavy atom. The first kappa shape index (κ1) is 27.9. The number of alkyl halides is 5. The fraction of sp³-hybridized carbons (Fsp3) is 0.259. The number of ether oxygens (including phenoxy) is 1. The molecular weight excluding hydrogens is 585 g/mol. The Balaban J connectivity index is 1.49. The van der Waals surface area contributed by atoms with E-state index in [0.717, 1.165) is 27.5 Å². The summed E-state index contributed by atoms with van der Waals surface area (Å²) in [7, 11) is -4.27. The van der Waals surface area contributed by atoms with Gasteiger partial charge in [-0.05, 0) is 23.3 Å². The van der Waals surface area contributed by atoms with Gasteiger partial charge in [-0.2, -0.15) is 13.2 Å². The van der Waals surface area contributed by atoms with E-state index in [0.29, 0.717) is 36.7 Å². The van der Waals surface area contributed by atoms with E-state index in [9.17, 15) is 35.2 Å². The number of hydrogen-bond acceptors (Lipinski definition) is 8. The topological polar surface area (TPSA) is 128 Å². The Morgan fingerprint density at radius 2 is 1.79 bits per heavy atom. The lowest BCUT2D eigenvalue weighted by Gasteiger charge is -2.31. The van der Waals surface area contributed by atoms with Gasteiger partial charge in [-0.25, -0.2) is 32.2 Å². The molecule has 4 aromatic rings. The molecule has 2 aliphatic heterocycles. The molecule has 0 aliphatic carbocycles. The average Bonchev–Trinajstić information content (AvgIpc) is 3.44. The van der Waals surface area contributed by atoms with Gasteiger partial charge < -0.3 is 15.4 Å². The highest BCUT2D eigenvalue weighted by Crippen LogP contribution is 2.45. The maximum Gasteiger partial charge on any atom is 0.451 e. The SMILES string of the molecule is Nc1nc2cc(CN(C(=O)c3cnc(C(F)(F)F)nc3)c3cccc4c3S(=O)(=O)CCC4(F)F)ccc2c2c1COC2. The number of carbonyl (C=O) groups is 1. The molecule has 0 unspecified atom stereocenters. The molecule has 0 saturated heterocycles. The van der Waals surface area contributed by atoms with E-state index in [2.05, 4.69) is 15.0 Å². The van der Waals surface area contributed by atoms with E-state index in [4.69, 9.17) is 10.5 Å². The minimum atomic E-state index is -4.87. The van der Waals surface area contributed by atoms with Gasteiger partial charge in [0.15, 0.2) is 9.84 Å². The van der Waals surface area contributed by atoms with Crippen LogP contribution in [0.5, 0.6) is 0 Å². The first-order chi connectivity index (χ1) is 19.8. The Morgan fingerprint density at radius 1 is 1.07 bits per heavy atom. The summed E-state index contributed by atoms with van der Waals surface area (Å²) in [4.78, 5) is 24.8. The quantitative estimate of drug-likeness (QED) is 0.330. The number of benzene rings is 2. The molecular formula is C27H20F5N5O4S. The zero-order valence-corrected chi connectivity index (χ0v) is 22.3. The molecule has 0 fully saturated rings. The largest absolute Gasteiger partial charge is 0.451 e. The molecule has 2 N–H and O–H groups in total. The van der Waals surface area contributed by atoms with Crippen molar-refractivity contribution in [3.63, 3.8) is 0 Å². The molecule has 42 heavy (non-hydrogen) atoms. The zero-order valence-electron chi connectivity index (χ0n) is 21.5. The number of sulfone groups is 1. The molecule has 2 aromatic carbocycles. The lowest BCUT2D eigenvalue weighted by atomic mass is 10.0. The van der Waals surface area contributed by atoms with E-state index in [1.807, 2.05) is 0 Å². The molecule has 218 valence electrons. The zero-order chi connectivity index (χ0) is 30.0. The van der Waals surface area contributed by atoms with Crippen molar-refractivity contribution in [2.45, 2.75) is 43.2 Å². The molecule has 0 atom stereocenters. The highest BCUT2D eigenvalue weighted by atomic mass is 32.2. The molecule has 6 rings (SSSR count). The monoisotopic (exact) mass is 605 g/mol. The van der Waals surface area contributed by atoms with Crippen LogP contribution in [0.25, 0.3) is 10.9 Å². The number of aromatic nitrogens is 3. The van der Waals surface area contributed by atoms with Crippen molar-refractivity contribution in [1.82, 2.24) is 15.0 Å². The van der Waals surface area contributed by atoms with Crippen molar-refractivity contribution in [2.24, 2.45) is 0 Å². The maximum atomic E-state index is 14.9. The number of nitrogen functional groups attached to an aromatic ring is 1. The highest BCUT2D eigenvalue weighted by Gasteiger charge is 2.45. The van der Waals surface area contributed by atoms with Crippen molar-refractivity contribution in [2.75, 3.05) is 16.4 Å². The summed E-state index contributed by atoms with van der Waals surface area (Å²) in [5.74, 6) is -6.58. The van der Waals surface area contributed by atoms with Crippen LogP contribution in [0.3, 0.4) is 0 Å². The van der Waals surface area contributed by atoms with Crippen molar-refractivity contribution in [3.8, 4) is 0 Å². The van der Waals surface area contributed by atoms with E-state index < -0.39 is 61.9 Å². The number of nitrogens with two attached hydrogens (primary N) is 1. The van der Waals surface area contributed by atoms with Crippen LogP contribution in [0.4, 0.5) is 33.5 Å². The van der Waals surface area contributed by atoms with E-state index in [1.54, 1.807) is 18.2 Å². The second kappa shape index (κ2) is 9.66. The minimum Gasteiger partial charge on any atom is -0.383 e. The fourth-order valence-electron chi connectivity index (χ4n) is 5.16. The maximum absolute atomic E-state index is 14.9. The second-order valence-corrected chi connectivity index (χ2v) is 12.0. The number of pyridine rings is 1. The molecule has 0 saturated carbocycles. The summed E-state index contributed by atoms with van der Waals surface area (Å²) >= 11 is 0. The van der Waals surface area contributed by atoms with Crippen LogP contribution >= 0.6 is 0 Å². The van der Waals surface area contributed by atoms with E-state index in [1.165, 1.54) is 12.1 Å². The van der Waals surface area contributed by atoms with Crippen LogP contribution in [-0.2, 0) is 46.4 Å². The van der Waals surface area contributed by atoms with Crippen LogP contribution in [0, 0.1) is 0 Å².